The van der Waals surface area contributed by atoms with Crippen LogP contribution in [0.3, 0.4) is 0 Å². The predicted molar refractivity (Wildman–Crippen MR) is 96.7 cm³/mol. The fourth-order valence-electron chi connectivity index (χ4n) is 2.94. The van der Waals surface area contributed by atoms with Gasteiger partial charge in [0.2, 0.25) is 0 Å². The van der Waals surface area contributed by atoms with Crippen molar-refractivity contribution in [2.75, 3.05) is 25.0 Å². The maximum absolute atomic E-state index is 13.5. The number of rotatable bonds is 5. The molecule has 1 saturated heterocycles. The van der Waals surface area contributed by atoms with Crippen LogP contribution in [-0.4, -0.2) is 36.4 Å². The first-order valence-electron chi connectivity index (χ1n) is 8.70. The number of nitrogens with one attached hydrogen (secondary N) is 1. The largest absolute Gasteiger partial charge is 0.481 e. The van der Waals surface area contributed by atoms with Gasteiger partial charge in [-0.25, -0.2) is 4.39 Å². The lowest BCUT2D eigenvalue weighted by Gasteiger charge is -2.27. The predicted octanol–water partition coefficient (Wildman–Crippen LogP) is 3.47. The van der Waals surface area contributed by atoms with E-state index >= 15 is 0 Å². The van der Waals surface area contributed by atoms with Crippen LogP contribution in [0, 0.1) is 5.82 Å². The molecule has 0 spiro atoms. The second kappa shape index (κ2) is 8.47. The third-order valence-electron chi connectivity index (χ3n) is 4.27. The number of benzene rings is 2. The van der Waals surface area contributed by atoms with Gasteiger partial charge in [-0.05, 0) is 43.5 Å². The number of carbonyl (C=O) groups excluding carboxylic acids is 2. The van der Waals surface area contributed by atoms with Gasteiger partial charge in [-0.3, -0.25) is 9.59 Å². The van der Waals surface area contributed by atoms with Gasteiger partial charge in [0.1, 0.15) is 0 Å². The summed E-state index contributed by atoms with van der Waals surface area (Å²) in [5.74, 6) is -1.05. The summed E-state index contributed by atoms with van der Waals surface area (Å²) in [5, 5.41) is 2.69. The number of halogens is 1. The van der Waals surface area contributed by atoms with E-state index in [4.69, 9.17) is 4.74 Å². The van der Waals surface area contributed by atoms with Crippen molar-refractivity contribution in [1.82, 2.24) is 4.90 Å². The monoisotopic (exact) mass is 356 g/mol. The Balaban J connectivity index is 1.65. The third-order valence-corrected chi connectivity index (χ3v) is 4.27. The van der Waals surface area contributed by atoms with Crippen molar-refractivity contribution < 1.29 is 18.7 Å². The minimum absolute atomic E-state index is 0.0142. The summed E-state index contributed by atoms with van der Waals surface area (Å²) in [6, 6.07) is 12.8. The van der Waals surface area contributed by atoms with E-state index in [1.807, 2.05) is 4.90 Å². The lowest BCUT2D eigenvalue weighted by Crippen LogP contribution is -2.36. The maximum atomic E-state index is 13.5. The number of carbonyl (C=O) groups is 2. The molecular formula is C20H21FN2O3. The summed E-state index contributed by atoms with van der Waals surface area (Å²) >= 11 is 0. The van der Waals surface area contributed by atoms with Crippen molar-refractivity contribution in [1.29, 1.82) is 0 Å². The molecule has 5 nitrogen and oxygen atoms in total. The minimum Gasteiger partial charge on any atom is -0.481 e. The zero-order valence-corrected chi connectivity index (χ0v) is 14.4. The van der Waals surface area contributed by atoms with Crippen LogP contribution in [0.15, 0.2) is 48.5 Å². The van der Waals surface area contributed by atoms with Crippen LogP contribution < -0.4 is 10.1 Å². The van der Waals surface area contributed by atoms with Crippen molar-refractivity contribution in [2.24, 2.45) is 0 Å². The Labute approximate surface area is 151 Å². The molecule has 0 unspecified atom stereocenters. The molecule has 0 saturated carbocycles. The lowest BCUT2D eigenvalue weighted by atomic mass is 10.1. The fourth-order valence-corrected chi connectivity index (χ4v) is 2.94. The van der Waals surface area contributed by atoms with E-state index in [0.717, 1.165) is 32.4 Å². The second-order valence-corrected chi connectivity index (χ2v) is 6.17. The highest BCUT2D eigenvalue weighted by Crippen LogP contribution is 2.20. The van der Waals surface area contributed by atoms with E-state index in [0.29, 0.717) is 11.3 Å². The summed E-state index contributed by atoms with van der Waals surface area (Å²) in [4.78, 5) is 26.7. The van der Waals surface area contributed by atoms with Crippen molar-refractivity contribution in [3.63, 3.8) is 0 Å². The molecule has 0 radical (unpaired) electrons. The molecule has 0 bridgehead atoms. The summed E-state index contributed by atoms with van der Waals surface area (Å²) in [7, 11) is 0. The van der Waals surface area contributed by atoms with Gasteiger partial charge in [0.05, 0.1) is 11.3 Å². The van der Waals surface area contributed by atoms with Crippen LogP contribution in [0.4, 0.5) is 10.1 Å². The first kappa shape index (κ1) is 17.9. The Hall–Kier alpha value is -2.89. The van der Waals surface area contributed by atoms with E-state index < -0.39 is 11.7 Å². The number of ether oxygens (including phenoxy) is 1. The standard InChI is InChI=1S/C20H21FN2O3/c21-16-9-3-5-11-18(16)26-14-19(24)22-17-10-4-2-8-15(17)20(25)23-12-6-1-7-13-23/h2-5,8-11H,1,6-7,12-14H2,(H,22,24). The van der Waals surface area contributed by atoms with E-state index in [9.17, 15) is 14.0 Å². The molecule has 1 aliphatic rings. The molecule has 1 fully saturated rings. The van der Waals surface area contributed by atoms with Gasteiger partial charge < -0.3 is 15.0 Å². The van der Waals surface area contributed by atoms with Crippen LogP contribution in [-0.2, 0) is 4.79 Å². The van der Waals surface area contributed by atoms with Crippen molar-refractivity contribution >= 4 is 17.5 Å². The van der Waals surface area contributed by atoms with Crippen molar-refractivity contribution in [3.8, 4) is 5.75 Å². The normalized spacial score (nSPS) is 14.0. The van der Waals surface area contributed by atoms with Gasteiger partial charge in [0.25, 0.3) is 11.8 Å². The fraction of sp³-hybridized carbons (Fsp3) is 0.300. The molecule has 0 aromatic heterocycles. The first-order chi connectivity index (χ1) is 12.6. The number of nitrogens with zero attached hydrogens (tertiary/aromatic N) is 1. The number of hydrogen-bond acceptors (Lipinski definition) is 3. The SMILES string of the molecule is O=C(COc1ccccc1F)Nc1ccccc1C(=O)N1CCCCC1. The van der Waals surface area contributed by atoms with Gasteiger partial charge >= 0.3 is 0 Å². The number of amides is 2. The van der Waals surface area contributed by atoms with E-state index in [-0.39, 0.29) is 18.3 Å². The summed E-state index contributed by atoms with van der Waals surface area (Å²) in [5.41, 5.74) is 0.888. The Kier molecular flexibility index (Phi) is 5.84. The average molecular weight is 356 g/mol. The van der Waals surface area contributed by atoms with E-state index in [2.05, 4.69) is 5.32 Å². The molecule has 1 heterocycles. The van der Waals surface area contributed by atoms with Gasteiger partial charge in [0.15, 0.2) is 18.2 Å². The molecule has 6 heteroatoms. The van der Waals surface area contributed by atoms with Crippen LogP contribution in [0.1, 0.15) is 29.6 Å². The molecule has 26 heavy (non-hydrogen) atoms. The zero-order valence-electron chi connectivity index (χ0n) is 14.4. The van der Waals surface area contributed by atoms with Crippen LogP contribution in [0.25, 0.3) is 0 Å². The average Bonchev–Trinajstić information content (AvgIpc) is 2.68. The topological polar surface area (TPSA) is 58.6 Å². The van der Waals surface area contributed by atoms with Crippen LogP contribution >= 0.6 is 0 Å². The van der Waals surface area contributed by atoms with E-state index in [1.54, 1.807) is 36.4 Å². The van der Waals surface area contributed by atoms with E-state index in [1.165, 1.54) is 12.1 Å². The molecule has 0 atom stereocenters. The maximum Gasteiger partial charge on any atom is 0.262 e. The highest BCUT2D eigenvalue weighted by molar-refractivity contribution is 6.04. The molecule has 136 valence electrons. The quantitative estimate of drug-likeness (QED) is 0.892. The summed E-state index contributed by atoms with van der Waals surface area (Å²) in [6.07, 6.45) is 3.13. The lowest BCUT2D eigenvalue weighted by molar-refractivity contribution is -0.118. The number of para-hydroxylation sites is 2. The van der Waals surface area contributed by atoms with Crippen LogP contribution in [0.5, 0.6) is 5.75 Å². The second-order valence-electron chi connectivity index (χ2n) is 6.17. The number of anilines is 1. The van der Waals surface area contributed by atoms with Gasteiger partial charge in [-0.15, -0.1) is 0 Å². The highest BCUT2D eigenvalue weighted by Gasteiger charge is 2.21. The smallest absolute Gasteiger partial charge is 0.262 e. The van der Waals surface area contributed by atoms with Crippen molar-refractivity contribution in [3.05, 3.63) is 59.9 Å². The minimum atomic E-state index is -0.527. The number of hydrogen-bond donors (Lipinski definition) is 1. The molecule has 2 aromatic rings. The zero-order chi connectivity index (χ0) is 18.4. The third kappa shape index (κ3) is 4.39. The highest BCUT2D eigenvalue weighted by atomic mass is 19.1. The van der Waals surface area contributed by atoms with Crippen LogP contribution in [0.2, 0.25) is 0 Å². The van der Waals surface area contributed by atoms with Crippen molar-refractivity contribution in [2.45, 2.75) is 19.3 Å². The molecule has 1 N–H and O–H groups in total. The van der Waals surface area contributed by atoms with Gasteiger partial charge in [0, 0.05) is 13.1 Å². The molecule has 0 aliphatic carbocycles. The molecule has 1 aliphatic heterocycles. The summed E-state index contributed by atoms with van der Waals surface area (Å²) in [6.45, 7) is 1.13. The molecule has 2 aromatic carbocycles. The Bertz CT molecular complexity index is 788. The van der Waals surface area contributed by atoms with Gasteiger partial charge in [-0.1, -0.05) is 24.3 Å². The molecular weight excluding hydrogens is 335 g/mol. The number of likely N-dealkylation sites (tertiary alicyclic amines) is 1. The summed E-state index contributed by atoms with van der Waals surface area (Å²) < 4.78 is 18.7. The Morgan fingerprint density at radius 2 is 1.69 bits per heavy atom. The molecule has 2 amide bonds. The Morgan fingerprint density at radius 1 is 1.00 bits per heavy atom. The Morgan fingerprint density at radius 3 is 2.46 bits per heavy atom. The number of piperidine rings is 1. The molecule has 3 rings (SSSR count). The first-order valence-corrected chi connectivity index (χ1v) is 8.70. The van der Waals surface area contributed by atoms with Gasteiger partial charge in [-0.2, -0.15) is 0 Å².